The summed E-state index contributed by atoms with van der Waals surface area (Å²) in [6.45, 7) is 3.99. The molecule has 0 amide bonds. The summed E-state index contributed by atoms with van der Waals surface area (Å²) in [5.74, 6) is -6.79. The minimum Gasteiger partial charge on any atom is -0.383 e. The fourth-order valence-electron chi connectivity index (χ4n) is 9.18. The van der Waals surface area contributed by atoms with Crippen LogP contribution >= 0.6 is 0 Å². The molecule has 3 saturated carbocycles. The number of Topliss-reactive ketones (excluding diaryl/α,β-unsaturated/α-hetero) is 1. The van der Waals surface area contributed by atoms with E-state index in [0.717, 1.165) is 12.0 Å². The van der Waals surface area contributed by atoms with E-state index in [2.05, 4.69) is 6.08 Å². The number of carbonyl (C=O) groups excluding carboxylic acids is 1. The van der Waals surface area contributed by atoms with Crippen LogP contribution in [0.25, 0.3) is 0 Å². The van der Waals surface area contributed by atoms with Gasteiger partial charge in [0.25, 0.3) is 0 Å². The summed E-state index contributed by atoms with van der Waals surface area (Å²) in [5, 5.41) is 11.4. The Morgan fingerprint density at radius 2 is 1.67 bits per heavy atom. The molecule has 0 aromatic heterocycles. The van der Waals surface area contributed by atoms with Crippen molar-refractivity contribution in [3.63, 3.8) is 0 Å². The number of hydrogen-bond donors (Lipinski definition) is 1. The molecule has 4 fully saturated rings. The van der Waals surface area contributed by atoms with E-state index in [-0.39, 0.29) is 42.3 Å². The van der Waals surface area contributed by atoms with Crippen molar-refractivity contribution in [3.8, 4) is 0 Å². The van der Waals surface area contributed by atoms with Gasteiger partial charge in [0.1, 0.15) is 5.60 Å². The van der Waals surface area contributed by atoms with Gasteiger partial charge in [-0.2, -0.15) is 22.0 Å². The maximum absolute atomic E-state index is 15.1. The number of rotatable bonds is 3. The largest absolute Gasteiger partial charge is 0.456 e. The van der Waals surface area contributed by atoms with E-state index < -0.39 is 41.2 Å². The van der Waals surface area contributed by atoms with Gasteiger partial charge < -0.3 is 14.6 Å². The SMILES string of the molecule is CC(=O)c1ccc([C@H]2C[C@@]3(C)[C@@H](CC[C@@]3(O)C(F)(F)C(F)(F)F)[C@@H]3CC=C4CC5(CC[C@@H]4[C@H]32)OCCO5)cc1. The van der Waals surface area contributed by atoms with Gasteiger partial charge in [0.2, 0.25) is 0 Å². The Bertz CT molecular complexity index is 1170. The zero-order chi connectivity index (χ0) is 28.0. The summed E-state index contributed by atoms with van der Waals surface area (Å²) in [6.07, 6.45) is -1.49. The molecule has 1 saturated heterocycles. The average molecular weight is 555 g/mol. The number of alkyl halides is 5. The smallest absolute Gasteiger partial charge is 0.383 e. The third kappa shape index (κ3) is 3.82. The zero-order valence-electron chi connectivity index (χ0n) is 22.2. The Morgan fingerprint density at radius 1 is 1.00 bits per heavy atom. The van der Waals surface area contributed by atoms with Crippen LogP contribution in [0.15, 0.2) is 35.9 Å². The third-order valence-corrected chi connectivity index (χ3v) is 11.0. The lowest BCUT2D eigenvalue weighted by molar-refractivity contribution is -0.363. The maximum Gasteiger partial charge on any atom is 0.456 e. The highest BCUT2D eigenvalue weighted by molar-refractivity contribution is 5.94. The molecular weight excluding hydrogens is 519 g/mol. The van der Waals surface area contributed by atoms with Gasteiger partial charge in [-0.3, -0.25) is 4.79 Å². The first-order valence-corrected chi connectivity index (χ1v) is 14.0. The van der Waals surface area contributed by atoms with Crippen LogP contribution in [0.4, 0.5) is 22.0 Å². The van der Waals surface area contributed by atoms with E-state index in [4.69, 9.17) is 9.47 Å². The first-order chi connectivity index (χ1) is 18.2. The van der Waals surface area contributed by atoms with Gasteiger partial charge in [0, 0.05) is 23.8 Å². The zero-order valence-corrected chi connectivity index (χ0v) is 22.2. The van der Waals surface area contributed by atoms with Crippen molar-refractivity contribution in [2.24, 2.45) is 29.1 Å². The molecule has 4 nitrogen and oxygen atoms in total. The number of ketones is 1. The van der Waals surface area contributed by atoms with Gasteiger partial charge in [-0.1, -0.05) is 42.8 Å². The molecule has 7 atom stereocenters. The van der Waals surface area contributed by atoms with Crippen molar-refractivity contribution in [1.82, 2.24) is 0 Å². The topological polar surface area (TPSA) is 55.8 Å². The number of fused-ring (bicyclic) bond motifs is 5. The van der Waals surface area contributed by atoms with Crippen molar-refractivity contribution in [2.45, 2.75) is 88.2 Å². The average Bonchev–Trinajstić information content (AvgIpc) is 3.44. The van der Waals surface area contributed by atoms with Gasteiger partial charge >= 0.3 is 12.1 Å². The van der Waals surface area contributed by atoms with Gasteiger partial charge in [-0.25, -0.2) is 0 Å². The predicted octanol–water partition coefficient (Wildman–Crippen LogP) is 6.83. The highest BCUT2D eigenvalue weighted by atomic mass is 19.4. The summed E-state index contributed by atoms with van der Waals surface area (Å²) in [7, 11) is 0. The van der Waals surface area contributed by atoms with Crippen LogP contribution in [-0.4, -0.2) is 47.6 Å². The van der Waals surface area contributed by atoms with Crippen LogP contribution in [0.5, 0.6) is 0 Å². The molecule has 1 spiro atoms. The molecule has 6 rings (SSSR count). The molecule has 0 bridgehead atoms. The number of carbonyl (C=O) groups is 1. The molecule has 1 aliphatic heterocycles. The second-order valence-corrected chi connectivity index (χ2v) is 12.7. The van der Waals surface area contributed by atoms with Crippen LogP contribution in [0.2, 0.25) is 0 Å². The fourth-order valence-corrected chi connectivity index (χ4v) is 9.18. The van der Waals surface area contributed by atoms with Crippen molar-refractivity contribution in [1.29, 1.82) is 0 Å². The molecule has 4 aliphatic carbocycles. The highest BCUT2D eigenvalue weighted by Gasteiger charge is 2.79. The number of hydrogen-bond acceptors (Lipinski definition) is 4. The Morgan fingerprint density at radius 3 is 2.28 bits per heavy atom. The van der Waals surface area contributed by atoms with Gasteiger partial charge in [0.15, 0.2) is 11.6 Å². The van der Waals surface area contributed by atoms with Gasteiger partial charge in [0.05, 0.1) is 13.2 Å². The minimum atomic E-state index is -5.85. The van der Waals surface area contributed by atoms with Crippen molar-refractivity contribution in [3.05, 3.63) is 47.0 Å². The van der Waals surface area contributed by atoms with Crippen molar-refractivity contribution in [2.75, 3.05) is 13.2 Å². The lowest BCUT2D eigenvalue weighted by Crippen LogP contribution is -2.66. The van der Waals surface area contributed by atoms with Crippen molar-refractivity contribution >= 4 is 5.78 Å². The van der Waals surface area contributed by atoms with E-state index in [9.17, 15) is 23.1 Å². The number of benzene rings is 1. The Balaban J connectivity index is 1.44. The number of allylic oxidation sites excluding steroid dienone is 1. The maximum atomic E-state index is 15.1. The first-order valence-electron chi connectivity index (χ1n) is 14.0. The van der Waals surface area contributed by atoms with Gasteiger partial charge in [-0.05, 0) is 74.2 Å². The van der Waals surface area contributed by atoms with Crippen LogP contribution in [0.3, 0.4) is 0 Å². The monoisotopic (exact) mass is 554 g/mol. The molecule has 0 unspecified atom stereocenters. The second-order valence-electron chi connectivity index (χ2n) is 12.7. The lowest BCUT2D eigenvalue weighted by atomic mass is 9.46. The molecule has 0 radical (unpaired) electrons. The van der Waals surface area contributed by atoms with E-state index in [1.165, 1.54) is 19.4 Å². The van der Waals surface area contributed by atoms with Gasteiger partial charge in [-0.15, -0.1) is 0 Å². The molecule has 1 heterocycles. The van der Waals surface area contributed by atoms with Crippen LogP contribution in [0, 0.1) is 29.1 Å². The Labute approximate surface area is 224 Å². The fraction of sp³-hybridized carbons (Fsp3) is 0.700. The lowest BCUT2D eigenvalue weighted by Gasteiger charge is -2.59. The summed E-state index contributed by atoms with van der Waals surface area (Å²) in [5.41, 5.74) is -2.30. The Kier molecular flexibility index (Phi) is 6.19. The summed E-state index contributed by atoms with van der Waals surface area (Å²) in [4.78, 5) is 11.9. The van der Waals surface area contributed by atoms with E-state index in [1.54, 1.807) is 12.1 Å². The van der Waals surface area contributed by atoms with E-state index in [1.807, 2.05) is 12.1 Å². The predicted molar refractivity (Wildman–Crippen MR) is 132 cm³/mol. The molecule has 1 aromatic carbocycles. The molecule has 214 valence electrons. The molecular formula is C30H35F5O4. The first kappa shape index (κ1) is 27.3. The van der Waals surface area contributed by atoms with Crippen molar-refractivity contribution < 1.29 is 41.3 Å². The summed E-state index contributed by atoms with van der Waals surface area (Å²) in [6, 6.07) is 7.01. The molecule has 5 aliphatic rings. The van der Waals surface area contributed by atoms with Crippen LogP contribution in [0.1, 0.15) is 80.6 Å². The van der Waals surface area contributed by atoms with E-state index in [0.29, 0.717) is 38.0 Å². The molecule has 1 aromatic rings. The van der Waals surface area contributed by atoms with Crippen LogP contribution < -0.4 is 0 Å². The second kappa shape index (κ2) is 8.83. The number of aliphatic hydroxyl groups is 1. The normalized spacial score (nSPS) is 39.6. The highest BCUT2D eigenvalue weighted by Crippen LogP contribution is 2.71. The van der Waals surface area contributed by atoms with Crippen LogP contribution in [-0.2, 0) is 9.47 Å². The Hall–Kier alpha value is -1.84. The minimum absolute atomic E-state index is 0.0162. The quantitative estimate of drug-likeness (QED) is 0.253. The van der Waals surface area contributed by atoms with E-state index >= 15 is 8.78 Å². The standard InChI is InChI=1S/C30H35F5O4/c1-17(36)18-3-5-19(6-4-18)23-16-26(2)24(10-12-28(26,37)29(31,32)30(33,34)35)22-8-7-20-15-27(38-13-14-39-27)11-9-21(20)25(22)23/h3-7,21-25,37H,8-16H2,1-2H3/t21-,22-,23+,24-,25+,26-,28-/m0/s1. The molecule has 9 heteroatoms. The number of halogens is 5. The molecule has 1 N–H and O–H groups in total. The number of ether oxygens (including phenoxy) is 2. The third-order valence-electron chi connectivity index (χ3n) is 11.0. The summed E-state index contributed by atoms with van der Waals surface area (Å²) >= 11 is 0. The molecule has 39 heavy (non-hydrogen) atoms. The summed E-state index contributed by atoms with van der Waals surface area (Å²) < 4.78 is 83.4.